The van der Waals surface area contributed by atoms with E-state index in [1.54, 1.807) is 30.7 Å². The second-order valence-electron chi connectivity index (χ2n) is 4.71. The van der Waals surface area contributed by atoms with Crippen LogP contribution in [0.15, 0.2) is 58.0 Å². The Hall–Kier alpha value is -2.44. The Kier molecular flexibility index (Phi) is 4.85. The second kappa shape index (κ2) is 7.21. The molecule has 6 heteroatoms. The third kappa shape index (κ3) is 4.06. The van der Waals surface area contributed by atoms with E-state index in [0.717, 1.165) is 10.4 Å². The van der Waals surface area contributed by atoms with Gasteiger partial charge in [0.2, 0.25) is 11.7 Å². The van der Waals surface area contributed by atoms with Gasteiger partial charge in [0.15, 0.2) is 0 Å². The molecule has 0 aliphatic heterocycles. The predicted octanol–water partition coefficient (Wildman–Crippen LogP) is 3.96. The Morgan fingerprint density at radius 3 is 2.87 bits per heavy atom. The van der Waals surface area contributed by atoms with Crippen molar-refractivity contribution in [2.45, 2.75) is 6.54 Å². The average Bonchev–Trinajstić information content (AvgIpc) is 3.33. The topological polar surface area (TPSA) is 59.3 Å². The Labute approximate surface area is 141 Å². The van der Waals surface area contributed by atoms with Crippen LogP contribution < -0.4 is 5.32 Å². The van der Waals surface area contributed by atoms with E-state index in [1.165, 1.54) is 28.7 Å². The molecule has 116 valence electrons. The minimum absolute atomic E-state index is 0.0219. The molecule has 4 nitrogen and oxygen atoms in total. The molecule has 0 atom stereocenters. The van der Waals surface area contributed by atoms with Crippen LogP contribution in [0.5, 0.6) is 0 Å². The molecular weight excluding hydrogens is 330 g/mol. The van der Waals surface area contributed by atoms with Crippen molar-refractivity contribution >= 4 is 40.4 Å². The van der Waals surface area contributed by atoms with Gasteiger partial charge in [0.25, 0.3) is 0 Å². The van der Waals surface area contributed by atoms with Crippen LogP contribution in [0, 0.1) is 0 Å². The summed E-state index contributed by atoms with van der Waals surface area (Å²) in [5.74, 6) is -0.168. The zero-order valence-corrected chi connectivity index (χ0v) is 13.7. The zero-order chi connectivity index (χ0) is 16.1. The van der Waals surface area contributed by atoms with Gasteiger partial charge >= 0.3 is 0 Å². The number of ketones is 1. The van der Waals surface area contributed by atoms with Crippen molar-refractivity contribution in [1.82, 2.24) is 5.32 Å². The average molecular weight is 343 g/mol. The molecule has 3 heterocycles. The van der Waals surface area contributed by atoms with Gasteiger partial charge in [-0.2, -0.15) is 11.3 Å². The number of carbonyl (C=O) groups is 2. The lowest BCUT2D eigenvalue weighted by atomic mass is 10.2. The summed E-state index contributed by atoms with van der Waals surface area (Å²) in [5.41, 5.74) is 1.54. The fourth-order valence-corrected chi connectivity index (χ4v) is 3.45. The van der Waals surface area contributed by atoms with Crippen molar-refractivity contribution in [1.29, 1.82) is 0 Å². The van der Waals surface area contributed by atoms with Gasteiger partial charge in [-0.25, -0.2) is 0 Å². The lowest BCUT2D eigenvalue weighted by Crippen LogP contribution is -2.19. The van der Waals surface area contributed by atoms with Gasteiger partial charge in [-0.15, -0.1) is 11.3 Å². The molecule has 1 amide bonds. The summed E-state index contributed by atoms with van der Waals surface area (Å²) in [6.45, 7) is 0.399. The van der Waals surface area contributed by atoms with E-state index in [9.17, 15) is 9.59 Å². The number of amides is 1. The van der Waals surface area contributed by atoms with Gasteiger partial charge in [0, 0.05) is 27.5 Å². The van der Waals surface area contributed by atoms with Crippen molar-refractivity contribution < 1.29 is 14.0 Å². The molecule has 0 aliphatic rings. The van der Waals surface area contributed by atoms with E-state index < -0.39 is 0 Å². The molecule has 0 aromatic carbocycles. The molecule has 0 radical (unpaired) electrons. The van der Waals surface area contributed by atoms with Crippen LogP contribution in [-0.2, 0) is 11.3 Å². The first-order valence-corrected chi connectivity index (χ1v) is 8.62. The van der Waals surface area contributed by atoms with Gasteiger partial charge in [0.05, 0.1) is 23.9 Å². The van der Waals surface area contributed by atoms with E-state index >= 15 is 0 Å². The van der Waals surface area contributed by atoms with Crippen LogP contribution >= 0.6 is 22.7 Å². The third-order valence-corrected chi connectivity index (χ3v) is 4.84. The summed E-state index contributed by atoms with van der Waals surface area (Å²) in [6.07, 6.45) is 6.25. The van der Waals surface area contributed by atoms with Crippen molar-refractivity contribution in [3.05, 3.63) is 74.5 Å². The lowest BCUT2D eigenvalue weighted by Gasteiger charge is -1.98. The number of furan rings is 1. The highest BCUT2D eigenvalue weighted by molar-refractivity contribution is 7.14. The molecule has 0 bridgehead atoms. The highest BCUT2D eigenvalue weighted by atomic mass is 32.1. The standard InChI is InChI=1S/C17H13NO3S2/c19-16(4-1-12-5-7-21-10-12)18-9-14-2-3-15(23-14)17(20)13-6-8-22-11-13/h1-8,10-11H,9H2,(H,18,19)/b4-1+. The number of carbonyl (C=O) groups excluding carboxylic acids is 2. The molecule has 0 aliphatic carbocycles. The maximum Gasteiger partial charge on any atom is 0.244 e. The van der Waals surface area contributed by atoms with Crippen LogP contribution in [0.2, 0.25) is 0 Å². The fraction of sp³-hybridized carbons (Fsp3) is 0.0588. The molecule has 0 fully saturated rings. The first kappa shape index (κ1) is 15.5. The van der Waals surface area contributed by atoms with E-state index in [2.05, 4.69) is 5.32 Å². The highest BCUT2D eigenvalue weighted by Crippen LogP contribution is 2.21. The van der Waals surface area contributed by atoms with Gasteiger partial charge in [-0.3, -0.25) is 9.59 Å². The van der Waals surface area contributed by atoms with Gasteiger partial charge in [0.1, 0.15) is 0 Å². The van der Waals surface area contributed by atoms with Gasteiger partial charge < -0.3 is 9.73 Å². The molecule has 23 heavy (non-hydrogen) atoms. The number of hydrogen-bond acceptors (Lipinski definition) is 5. The Morgan fingerprint density at radius 1 is 1.22 bits per heavy atom. The molecule has 3 aromatic rings. The minimum Gasteiger partial charge on any atom is -0.472 e. The van der Waals surface area contributed by atoms with E-state index in [0.29, 0.717) is 17.0 Å². The monoisotopic (exact) mass is 343 g/mol. The molecule has 3 rings (SSSR count). The summed E-state index contributed by atoms with van der Waals surface area (Å²) in [5, 5.41) is 6.51. The molecule has 0 spiro atoms. The van der Waals surface area contributed by atoms with Crippen LogP contribution in [0.3, 0.4) is 0 Å². The quantitative estimate of drug-likeness (QED) is 0.544. The van der Waals surface area contributed by atoms with E-state index in [-0.39, 0.29) is 11.7 Å². The molecular formula is C17H13NO3S2. The summed E-state index contributed by atoms with van der Waals surface area (Å²) < 4.78 is 4.92. The van der Waals surface area contributed by atoms with Gasteiger partial charge in [-0.1, -0.05) is 0 Å². The van der Waals surface area contributed by atoms with Crippen LogP contribution in [0.25, 0.3) is 6.08 Å². The van der Waals surface area contributed by atoms with Crippen molar-refractivity contribution in [2.24, 2.45) is 0 Å². The van der Waals surface area contributed by atoms with E-state index in [1.807, 2.05) is 22.9 Å². The number of thiophene rings is 2. The SMILES string of the molecule is O=C(/C=C/c1ccoc1)NCc1ccc(C(=O)c2ccsc2)s1. The third-order valence-electron chi connectivity index (χ3n) is 3.08. The molecule has 0 unspecified atom stereocenters. The number of nitrogens with one attached hydrogen (secondary N) is 1. The summed E-state index contributed by atoms with van der Waals surface area (Å²) >= 11 is 2.90. The van der Waals surface area contributed by atoms with Gasteiger partial charge in [-0.05, 0) is 35.7 Å². The van der Waals surface area contributed by atoms with Crippen LogP contribution in [0.1, 0.15) is 25.7 Å². The molecule has 3 aromatic heterocycles. The summed E-state index contributed by atoms with van der Waals surface area (Å²) in [6, 6.07) is 7.25. The molecule has 1 N–H and O–H groups in total. The lowest BCUT2D eigenvalue weighted by molar-refractivity contribution is -0.116. The number of rotatable bonds is 6. The first-order valence-electron chi connectivity index (χ1n) is 6.86. The largest absolute Gasteiger partial charge is 0.472 e. The summed E-state index contributed by atoms with van der Waals surface area (Å²) in [7, 11) is 0. The Balaban J connectivity index is 1.55. The van der Waals surface area contributed by atoms with Crippen LogP contribution in [0.4, 0.5) is 0 Å². The smallest absolute Gasteiger partial charge is 0.244 e. The zero-order valence-electron chi connectivity index (χ0n) is 12.0. The normalized spacial score (nSPS) is 11.0. The maximum atomic E-state index is 12.2. The molecule has 0 saturated carbocycles. The minimum atomic E-state index is -0.190. The van der Waals surface area contributed by atoms with E-state index in [4.69, 9.17) is 4.42 Å². The Bertz CT molecular complexity index is 814. The predicted molar refractivity (Wildman–Crippen MR) is 91.7 cm³/mol. The number of hydrogen-bond donors (Lipinski definition) is 1. The second-order valence-corrected chi connectivity index (χ2v) is 6.66. The van der Waals surface area contributed by atoms with Crippen molar-refractivity contribution in [2.75, 3.05) is 0 Å². The summed E-state index contributed by atoms with van der Waals surface area (Å²) in [4.78, 5) is 25.6. The van der Waals surface area contributed by atoms with Crippen LogP contribution in [-0.4, -0.2) is 11.7 Å². The molecule has 0 saturated heterocycles. The Morgan fingerprint density at radius 2 is 2.13 bits per heavy atom. The van der Waals surface area contributed by atoms with Crippen molar-refractivity contribution in [3.8, 4) is 0 Å². The fourth-order valence-electron chi connectivity index (χ4n) is 1.91. The maximum absolute atomic E-state index is 12.2. The highest BCUT2D eigenvalue weighted by Gasteiger charge is 2.12. The van der Waals surface area contributed by atoms with Crippen molar-refractivity contribution in [3.63, 3.8) is 0 Å². The first-order chi connectivity index (χ1) is 11.2.